The quantitative estimate of drug-likeness (QED) is 0.120. The molecule has 0 unspecified atom stereocenters. The summed E-state index contributed by atoms with van der Waals surface area (Å²) < 4.78 is 33.8. The Labute approximate surface area is 273 Å². The molecule has 0 saturated carbocycles. The summed E-state index contributed by atoms with van der Waals surface area (Å²) in [4.78, 5) is 4.50. The van der Waals surface area contributed by atoms with Crippen molar-refractivity contribution >= 4 is 51.3 Å². The summed E-state index contributed by atoms with van der Waals surface area (Å²) in [6, 6.07) is 32.5. The first-order chi connectivity index (χ1) is 21.5. The van der Waals surface area contributed by atoms with Crippen molar-refractivity contribution in [3.05, 3.63) is 150 Å². The normalized spacial score (nSPS) is 15.1. The Balaban J connectivity index is 1.24. The van der Waals surface area contributed by atoms with Crippen molar-refractivity contribution in [2.45, 2.75) is 29.2 Å². The number of piperidine rings is 1. The van der Waals surface area contributed by atoms with Gasteiger partial charge in [0.25, 0.3) is 0 Å². The first-order valence-corrected chi connectivity index (χ1v) is 19.2. The van der Waals surface area contributed by atoms with E-state index in [0.29, 0.717) is 13.1 Å². The molecular weight excluding hydrogens is 701 g/mol. The Morgan fingerprint density at radius 2 is 1.34 bits per heavy atom. The predicted molar refractivity (Wildman–Crippen MR) is 184 cm³/mol. The van der Waals surface area contributed by atoms with Crippen molar-refractivity contribution in [1.82, 2.24) is 23.0 Å². The average Bonchev–Trinajstić information content (AvgIpc) is 3.73. The number of fused-ring (bicyclic) bond motifs is 1. The van der Waals surface area contributed by atoms with Gasteiger partial charge in [-0.25, -0.2) is 8.42 Å². The molecular formula is C34H30IN5O2S2. The van der Waals surface area contributed by atoms with Crippen LogP contribution in [-0.4, -0.2) is 44.5 Å². The molecule has 1 fully saturated rings. The highest BCUT2D eigenvalue weighted by Crippen LogP contribution is 2.41. The number of sulfonamides is 1. The first kappa shape index (κ1) is 29.3. The third-order valence-corrected chi connectivity index (χ3v) is 12.3. The van der Waals surface area contributed by atoms with E-state index in [1.54, 1.807) is 19.6 Å². The highest BCUT2D eigenvalue weighted by molar-refractivity contribution is 14.2. The van der Waals surface area contributed by atoms with E-state index in [0.717, 1.165) is 35.0 Å². The molecule has 0 aliphatic carbocycles. The van der Waals surface area contributed by atoms with E-state index in [1.807, 2.05) is 71.7 Å². The molecule has 4 heterocycles. The van der Waals surface area contributed by atoms with Crippen molar-refractivity contribution in [3.8, 4) is 0 Å². The van der Waals surface area contributed by atoms with Gasteiger partial charge in [0.05, 0.1) is 17.9 Å². The third-order valence-electron chi connectivity index (χ3n) is 8.69. The van der Waals surface area contributed by atoms with Gasteiger partial charge in [0.2, 0.25) is 10.0 Å². The Kier molecular flexibility index (Phi) is 8.08. The average molecular weight is 732 g/mol. The maximum Gasteiger partial charge on any atom is 0.246 e. The van der Waals surface area contributed by atoms with Gasteiger partial charge in [-0.1, -0.05) is 91.0 Å². The number of hydrogen-bond acceptors (Lipinski definition) is 5. The number of halogens is 1. The molecule has 1 aliphatic rings. The van der Waals surface area contributed by atoms with Gasteiger partial charge in [0.15, 0.2) is 0 Å². The van der Waals surface area contributed by atoms with Crippen molar-refractivity contribution in [1.29, 1.82) is 0 Å². The van der Waals surface area contributed by atoms with Gasteiger partial charge in [-0.05, 0) is 47.1 Å². The lowest BCUT2D eigenvalue weighted by atomic mass is 9.77. The maximum absolute atomic E-state index is 14.1. The predicted octanol–water partition coefficient (Wildman–Crippen LogP) is 7.49. The van der Waals surface area contributed by atoms with Crippen LogP contribution in [0.2, 0.25) is 0 Å². The largest absolute Gasteiger partial charge is 0.281 e. The standard InChI is InChI=1S/C34H30IN5O2S2/c35-43-39-25-32(31-16-19-36-23-33(31)39)26-17-20-38(21-18-26)44(41,42)30-22-37-40(24-30)34(27-10-4-1-5-11-27,28-12-6-2-7-13-28)29-14-8-3-9-15-29/h1-16,19,22-26H,17-18,20-21H2. The molecule has 3 aromatic heterocycles. The van der Waals surface area contributed by atoms with Gasteiger partial charge in [-0.3, -0.25) is 13.6 Å². The van der Waals surface area contributed by atoms with E-state index < -0.39 is 15.6 Å². The molecule has 7 nitrogen and oxygen atoms in total. The highest BCUT2D eigenvalue weighted by atomic mass is 127. The SMILES string of the molecule is O=S(=O)(c1cnn(C(c2ccccc2)(c2ccccc2)c2ccccc2)c1)N1CCC(c2cn(SI)c3cnccc23)CC1. The van der Waals surface area contributed by atoms with E-state index in [9.17, 15) is 8.42 Å². The van der Waals surface area contributed by atoms with E-state index in [4.69, 9.17) is 5.10 Å². The van der Waals surface area contributed by atoms with Crippen molar-refractivity contribution in [3.63, 3.8) is 0 Å². The fourth-order valence-electron chi connectivity index (χ4n) is 6.57. The zero-order valence-electron chi connectivity index (χ0n) is 23.8. The highest BCUT2D eigenvalue weighted by Gasteiger charge is 2.41. The van der Waals surface area contributed by atoms with E-state index in [-0.39, 0.29) is 10.8 Å². The molecule has 0 N–H and O–H groups in total. The topological polar surface area (TPSA) is 73.0 Å². The fraction of sp³-hybridized carbons (Fsp3) is 0.176. The summed E-state index contributed by atoms with van der Waals surface area (Å²) in [6.45, 7) is 0.906. The zero-order valence-corrected chi connectivity index (χ0v) is 27.6. The molecule has 7 rings (SSSR count). The van der Waals surface area contributed by atoms with E-state index in [1.165, 1.54) is 17.1 Å². The minimum absolute atomic E-state index is 0.201. The molecule has 222 valence electrons. The van der Waals surface area contributed by atoms with Gasteiger partial charge in [0, 0.05) is 67.4 Å². The number of aromatic nitrogens is 4. The lowest BCUT2D eigenvalue weighted by Crippen LogP contribution is -2.39. The molecule has 44 heavy (non-hydrogen) atoms. The zero-order chi connectivity index (χ0) is 30.1. The van der Waals surface area contributed by atoms with Crippen molar-refractivity contribution in [2.75, 3.05) is 13.1 Å². The van der Waals surface area contributed by atoms with Gasteiger partial charge < -0.3 is 0 Å². The van der Waals surface area contributed by atoms with Crippen LogP contribution in [0.15, 0.2) is 133 Å². The van der Waals surface area contributed by atoms with Crippen molar-refractivity contribution in [2.24, 2.45) is 0 Å². The molecule has 0 radical (unpaired) electrons. The molecule has 1 aliphatic heterocycles. The second kappa shape index (κ2) is 12.2. The Morgan fingerprint density at radius 1 is 0.773 bits per heavy atom. The smallest absolute Gasteiger partial charge is 0.246 e. The van der Waals surface area contributed by atoms with Crippen LogP contribution in [0.3, 0.4) is 0 Å². The monoisotopic (exact) mass is 731 g/mol. The summed E-state index contributed by atoms with van der Waals surface area (Å²) >= 11 is 2.28. The number of rotatable bonds is 8. The number of benzene rings is 3. The lowest BCUT2D eigenvalue weighted by molar-refractivity contribution is 0.320. The Morgan fingerprint density at radius 3 is 1.89 bits per heavy atom. The van der Waals surface area contributed by atoms with E-state index >= 15 is 0 Å². The Hall–Kier alpha value is -3.45. The van der Waals surface area contributed by atoms with Crippen LogP contribution in [0, 0.1) is 0 Å². The van der Waals surface area contributed by atoms with Crippen LogP contribution in [-0.2, 0) is 15.6 Å². The number of nitrogens with zero attached hydrogens (tertiary/aromatic N) is 5. The first-order valence-electron chi connectivity index (χ1n) is 14.5. The maximum atomic E-state index is 14.1. The number of hydrogen-bond donors (Lipinski definition) is 0. The van der Waals surface area contributed by atoms with Crippen LogP contribution in [0.4, 0.5) is 0 Å². The summed E-state index contributed by atoms with van der Waals surface area (Å²) in [7, 11) is -2.15. The van der Waals surface area contributed by atoms with Crippen LogP contribution < -0.4 is 0 Å². The molecule has 6 aromatic rings. The van der Waals surface area contributed by atoms with Crippen LogP contribution in [0.1, 0.15) is 41.0 Å². The second-order valence-electron chi connectivity index (χ2n) is 11.0. The van der Waals surface area contributed by atoms with Gasteiger partial charge >= 0.3 is 0 Å². The third kappa shape index (κ3) is 4.97. The summed E-state index contributed by atoms with van der Waals surface area (Å²) in [5.74, 6) is 0.278. The van der Waals surface area contributed by atoms with Crippen LogP contribution in [0.5, 0.6) is 0 Å². The molecule has 1 saturated heterocycles. The summed E-state index contributed by atoms with van der Waals surface area (Å²) in [6.07, 6.45) is 10.6. The number of pyridine rings is 1. The molecule has 0 spiro atoms. The van der Waals surface area contributed by atoms with Gasteiger partial charge in [0.1, 0.15) is 10.4 Å². The van der Waals surface area contributed by atoms with E-state index in [2.05, 4.69) is 78.8 Å². The minimum Gasteiger partial charge on any atom is -0.281 e. The van der Waals surface area contributed by atoms with Crippen LogP contribution >= 0.6 is 30.3 Å². The Bertz CT molecular complexity index is 1890. The molecule has 0 atom stereocenters. The summed E-state index contributed by atoms with van der Waals surface area (Å²) in [5.41, 5.74) is 4.44. The summed E-state index contributed by atoms with van der Waals surface area (Å²) in [5, 5.41) is 5.97. The molecule has 0 amide bonds. The van der Waals surface area contributed by atoms with Crippen LogP contribution in [0.25, 0.3) is 10.9 Å². The fourth-order valence-corrected chi connectivity index (χ4v) is 9.32. The van der Waals surface area contributed by atoms with Gasteiger partial charge in [-0.2, -0.15) is 9.40 Å². The minimum atomic E-state index is -3.77. The molecule has 3 aromatic carbocycles. The lowest BCUT2D eigenvalue weighted by Gasteiger charge is -2.36. The van der Waals surface area contributed by atoms with Crippen molar-refractivity contribution < 1.29 is 8.42 Å². The molecule has 0 bridgehead atoms. The second-order valence-corrected chi connectivity index (χ2v) is 14.6. The van der Waals surface area contributed by atoms with Gasteiger partial charge in [-0.15, -0.1) is 0 Å². The molecule has 10 heteroatoms.